The van der Waals surface area contributed by atoms with Crippen molar-refractivity contribution in [2.24, 2.45) is 0 Å². The Bertz CT molecular complexity index is 1960. The molecule has 5 rings (SSSR count). The highest BCUT2D eigenvalue weighted by Gasteiger charge is 2.28. The van der Waals surface area contributed by atoms with E-state index < -0.39 is 17.1 Å². The number of carbonyl (C=O) groups is 4. The number of hydrogen-bond donors (Lipinski definition) is 3. The van der Waals surface area contributed by atoms with Crippen LogP contribution in [0.1, 0.15) is 77.5 Å². The zero-order valence-electron chi connectivity index (χ0n) is 28.4. The number of nitriles is 1. The number of rotatable bonds is 11. The zero-order valence-corrected chi connectivity index (χ0v) is 30.0. The molecule has 4 amide bonds. The quantitative estimate of drug-likeness (QED) is 0.109. The number of thioether (sulfide) groups is 1. The lowest BCUT2D eigenvalue weighted by molar-refractivity contribution is -0.129. The van der Waals surface area contributed by atoms with E-state index in [1.807, 2.05) is 43.3 Å². The van der Waals surface area contributed by atoms with Gasteiger partial charge in [0.15, 0.2) is 0 Å². The molecule has 50 heavy (non-hydrogen) atoms. The molecule has 0 aliphatic carbocycles. The minimum Gasteiger partial charge on any atom is -0.337 e. The van der Waals surface area contributed by atoms with Gasteiger partial charge in [0.1, 0.15) is 16.8 Å². The highest BCUT2D eigenvalue weighted by molar-refractivity contribution is 8.00. The molecule has 1 unspecified atom stereocenters. The molecule has 1 atom stereocenters. The van der Waals surface area contributed by atoms with E-state index in [4.69, 9.17) is 0 Å². The molecule has 1 aromatic heterocycles. The fourth-order valence-electron chi connectivity index (χ4n) is 5.49. The Balaban J connectivity index is 1.31. The summed E-state index contributed by atoms with van der Waals surface area (Å²) < 4.78 is 0. The number of benzene rings is 3. The van der Waals surface area contributed by atoms with E-state index in [2.05, 4.69) is 35.9 Å². The van der Waals surface area contributed by atoms with Gasteiger partial charge in [0.2, 0.25) is 11.8 Å². The summed E-state index contributed by atoms with van der Waals surface area (Å²) in [6.45, 7) is 8.64. The third-order valence-corrected chi connectivity index (χ3v) is 10.8. The van der Waals surface area contributed by atoms with E-state index in [1.165, 1.54) is 30.0 Å². The van der Waals surface area contributed by atoms with Crippen LogP contribution in [0.5, 0.6) is 0 Å². The molecule has 3 N–H and O–H groups in total. The Hall–Kier alpha value is -5.18. The molecule has 256 valence electrons. The number of fused-ring (bicyclic) bond motifs is 1. The molecule has 0 radical (unpaired) electrons. The number of nitrogens with one attached hydrogen (secondary N) is 3. The van der Waals surface area contributed by atoms with Crippen LogP contribution in [0.15, 0.2) is 89.5 Å². The van der Waals surface area contributed by atoms with Gasteiger partial charge in [0.05, 0.1) is 17.4 Å². The van der Waals surface area contributed by atoms with Crippen molar-refractivity contribution in [2.75, 3.05) is 17.2 Å². The Labute approximate surface area is 300 Å². The van der Waals surface area contributed by atoms with Crippen molar-refractivity contribution in [2.45, 2.75) is 63.1 Å². The first kappa shape index (κ1) is 36.1. The molecule has 0 saturated carbocycles. The molecule has 0 spiro atoms. The molecule has 0 fully saturated rings. The summed E-state index contributed by atoms with van der Waals surface area (Å²) in [5.41, 5.74) is 4.29. The number of carbonyl (C=O) groups excluding carboxylic acids is 4. The van der Waals surface area contributed by atoms with Crippen molar-refractivity contribution in [3.63, 3.8) is 0 Å². The normalized spacial score (nSPS) is 13.2. The molecule has 9 nitrogen and oxygen atoms in total. The van der Waals surface area contributed by atoms with E-state index >= 15 is 0 Å². The van der Waals surface area contributed by atoms with Crippen molar-refractivity contribution < 1.29 is 19.2 Å². The van der Waals surface area contributed by atoms with Crippen molar-refractivity contribution in [3.8, 4) is 6.07 Å². The summed E-state index contributed by atoms with van der Waals surface area (Å²) in [4.78, 5) is 55.6. The van der Waals surface area contributed by atoms with Gasteiger partial charge in [-0.2, -0.15) is 5.26 Å². The maximum Gasteiger partial charge on any atom is 0.272 e. The van der Waals surface area contributed by atoms with Crippen LogP contribution < -0.4 is 16.0 Å². The first-order valence-corrected chi connectivity index (χ1v) is 18.1. The van der Waals surface area contributed by atoms with Crippen molar-refractivity contribution in [1.29, 1.82) is 5.26 Å². The van der Waals surface area contributed by atoms with Gasteiger partial charge in [-0.05, 0) is 71.9 Å². The molecular weight excluding hydrogens is 667 g/mol. The molecule has 1 aliphatic heterocycles. The van der Waals surface area contributed by atoms with E-state index in [-0.39, 0.29) is 17.5 Å². The van der Waals surface area contributed by atoms with Crippen LogP contribution >= 0.6 is 23.1 Å². The SMILES string of the molecule is CCC(Sc1cccc(NC(=O)/C(=C\c2ccc(C(C)C)cc2)NC(=O)c2ccccc2)c1)C(=O)Nc1sc2c(c1C#N)CCN(C(C)=O)C2. The third kappa shape index (κ3) is 8.88. The lowest BCUT2D eigenvalue weighted by Crippen LogP contribution is -2.33. The average Bonchev–Trinajstić information content (AvgIpc) is 3.46. The molecule has 1 aliphatic rings. The second-order valence-corrected chi connectivity index (χ2v) is 14.6. The molecule has 11 heteroatoms. The largest absolute Gasteiger partial charge is 0.337 e. The molecule has 4 aromatic rings. The van der Waals surface area contributed by atoms with Gasteiger partial charge >= 0.3 is 0 Å². The van der Waals surface area contributed by atoms with E-state index in [0.717, 1.165) is 26.5 Å². The summed E-state index contributed by atoms with van der Waals surface area (Å²) in [5, 5.41) is 18.6. The molecular formula is C39H39N5O4S2. The minimum absolute atomic E-state index is 0.0189. The standard InChI is InChI=1S/C39H39N5O4S2/c1-5-34(38(48)43-39-32(22-40)31-18-19-44(25(4)45)23-35(31)50-39)49-30-13-9-12-29(21-30)41-37(47)33(42-36(46)28-10-7-6-8-11-28)20-26-14-16-27(17-15-26)24(2)3/h6-17,20-21,24,34H,5,18-19,23H2,1-4H3,(H,41,47)(H,42,46)(H,43,48)/b33-20+. The topological polar surface area (TPSA) is 131 Å². The Morgan fingerprint density at radius 2 is 1.74 bits per heavy atom. The highest BCUT2D eigenvalue weighted by atomic mass is 32.2. The fourth-order valence-corrected chi connectivity index (χ4v) is 7.72. The van der Waals surface area contributed by atoms with Gasteiger partial charge in [0, 0.05) is 34.5 Å². The molecule has 0 bridgehead atoms. The number of hydrogen-bond acceptors (Lipinski definition) is 7. The van der Waals surface area contributed by atoms with Gasteiger partial charge in [-0.3, -0.25) is 19.2 Å². The monoisotopic (exact) mass is 705 g/mol. The Kier molecular flexibility index (Phi) is 11.9. The molecule has 0 saturated heterocycles. The Morgan fingerprint density at radius 1 is 1.00 bits per heavy atom. The predicted molar refractivity (Wildman–Crippen MR) is 200 cm³/mol. The maximum atomic E-state index is 13.6. The Morgan fingerprint density at radius 3 is 2.40 bits per heavy atom. The van der Waals surface area contributed by atoms with E-state index in [0.29, 0.717) is 53.7 Å². The van der Waals surface area contributed by atoms with Crippen LogP contribution in [0, 0.1) is 11.3 Å². The van der Waals surface area contributed by atoms with E-state index in [9.17, 15) is 24.4 Å². The van der Waals surface area contributed by atoms with Crippen LogP contribution in [0.4, 0.5) is 10.7 Å². The number of nitrogens with zero attached hydrogens (tertiary/aromatic N) is 2. The highest BCUT2D eigenvalue weighted by Crippen LogP contribution is 2.38. The maximum absolute atomic E-state index is 13.6. The van der Waals surface area contributed by atoms with Crippen LogP contribution in [0.2, 0.25) is 0 Å². The molecule has 3 aromatic carbocycles. The van der Waals surface area contributed by atoms with Gasteiger partial charge < -0.3 is 20.9 Å². The van der Waals surface area contributed by atoms with Crippen LogP contribution in [0.25, 0.3) is 6.08 Å². The van der Waals surface area contributed by atoms with Crippen molar-refractivity contribution in [1.82, 2.24) is 10.2 Å². The minimum atomic E-state index is -0.497. The third-order valence-electron chi connectivity index (χ3n) is 8.33. The fraction of sp³-hybridized carbons (Fsp3) is 0.256. The second-order valence-electron chi connectivity index (χ2n) is 12.2. The van der Waals surface area contributed by atoms with Gasteiger partial charge in [-0.15, -0.1) is 23.1 Å². The molecule has 2 heterocycles. The van der Waals surface area contributed by atoms with Gasteiger partial charge in [-0.25, -0.2) is 0 Å². The van der Waals surface area contributed by atoms with Gasteiger partial charge in [0.25, 0.3) is 11.8 Å². The smallest absolute Gasteiger partial charge is 0.272 e. The summed E-state index contributed by atoms with van der Waals surface area (Å²) in [5.74, 6) is -0.803. The van der Waals surface area contributed by atoms with Crippen LogP contribution in [-0.4, -0.2) is 40.3 Å². The average molecular weight is 706 g/mol. The number of amides is 4. The summed E-state index contributed by atoms with van der Waals surface area (Å²) in [6, 6.07) is 26.0. The summed E-state index contributed by atoms with van der Waals surface area (Å²) in [6.07, 6.45) is 2.74. The lowest BCUT2D eigenvalue weighted by Gasteiger charge is -2.25. The predicted octanol–water partition coefficient (Wildman–Crippen LogP) is 7.57. The number of thiophene rings is 1. The first-order valence-electron chi connectivity index (χ1n) is 16.4. The van der Waals surface area contributed by atoms with Crippen LogP contribution in [-0.2, 0) is 27.3 Å². The zero-order chi connectivity index (χ0) is 35.8. The van der Waals surface area contributed by atoms with Gasteiger partial charge in [-0.1, -0.05) is 69.3 Å². The second kappa shape index (κ2) is 16.5. The summed E-state index contributed by atoms with van der Waals surface area (Å²) in [7, 11) is 0. The first-order chi connectivity index (χ1) is 24.1. The van der Waals surface area contributed by atoms with Crippen LogP contribution in [0.3, 0.4) is 0 Å². The number of anilines is 2. The van der Waals surface area contributed by atoms with E-state index in [1.54, 1.807) is 53.4 Å². The lowest BCUT2D eigenvalue weighted by atomic mass is 10.0. The van der Waals surface area contributed by atoms with Crippen molar-refractivity contribution in [3.05, 3.63) is 117 Å². The van der Waals surface area contributed by atoms with Crippen molar-refractivity contribution >= 4 is 63.5 Å². The summed E-state index contributed by atoms with van der Waals surface area (Å²) >= 11 is 2.70.